The lowest BCUT2D eigenvalue weighted by atomic mass is 10.2. The second-order valence-electron chi connectivity index (χ2n) is 6.48. The molecule has 7 nitrogen and oxygen atoms in total. The monoisotopic (exact) mass is 477 g/mol. The number of ether oxygens (including phenoxy) is 5. The Kier molecular flexibility index (Phi) is 17.7. The highest BCUT2D eigenvalue weighted by Gasteiger charge is 2.01. The van der Waals surface area contributed by atoms with Gasteiger partial charge in [0.25, 0.3) is 0 Å². The molecule has 1 aromatic rings. The Bertz CT molecular complexity index is 477. The summed E-state index contributed by atoms with van der Waals surface area (Å²) in [7, 11) is 1.83. The molecule has 0 saturated heterocycles. The number of halogens is 1. The van der Waals surface area contributed by atoms with Crippen LogP contribution in [0.4, 0.5) is 0 Å². The minimum Gasteiger partial charge on any atom is -0.392 e. The summed E-state index contributed by atoms with van der Waals surface area (Å²) in [6, 6.07) is 8.07. The minimum absolute atomic E-state index is 0.300. The Morgan fingerprint density at radius 2 is 1.28 bits per heavy atom. The fourth-order valence-corrected chi connectivity index (χ4v) is 2.67. The van der Waals surface area contributed by atoms with Gasteiger partial charge in [0.1, 0.15) is 0 Å². The average molecular weight is 478 g/mol. The molecule has 1 aromatic carbocycles. The van der Waals surface area contributed by atoms with E-state index in [0.29, 0.717) is 72.6 Å². The normalized spacial score (nSPS) is 12.4. The molecular weight excluding hydrogens is 442 g/mol. The van der Waals surface area contributed by atoms with Gasteiger partial charge in [-0.2, -0.15) is 0 Å². The predicted octanol–water partition coefficient (Wildman–Crippen LogP) is 2.39. The van der Waals surface area contributed by atoms with Crippen molar-refractivity contribution in [2.75, 3.05) is 73.1 Å². The highest BCUT2D eigenvalue weighted by atomic mass is 79.9. The van der Waals surface area contributed by atoms with E-state index in [4.69, 9.17) is 23.7 Å². The number of aliphatic hydroxyl groups excluding tert-OH is 1. The van der Waals surface area contributed by atoms with Crippen molar-refractivity contribution in [3.63, 3.8) is 0 Å². The summed E-state index contributed by atoms with van der Waals surface area (Å²) >= 11 is 3.41. The first-order valence-corrected chi connectivity index (χ1v) is 11.0. The molecule has 2 N–H and O–H groups in total. The van der Waals surface area contributed by atoms with E-state index < -0.39 is 0 Å². The van der Waals surface area contributed by atoms with Crippen LogP contribution in [0.2, 0.25) is 0 Å². The first-order valence-electron chi connectivity index (χ1n) is 10.2. The largest absolute Gasteiger partial charge is 0.392 e. The van der Waals surface area contributed by atoms with Gasteiger partial charge in [0, 0.05) is 17.6 Å². The zero-order valence-corrected chi connectivity index (χ0v) is 19.0. The van der Waals surface area contributed by atoms with Crippen LogP contribution in [-0.4, -0.2) is 84.3 Å². The summed E-state index contributed by atoms with van der Waals surface area (Å²) in [6.45, 7) is 6.26. The van der Waals surface area contributed by atoms with Crippen molar-refractivity contribution in [1.82, 2.24) is 5.32 Å². The molecule has 0 bridgehead atoms. The van der Waals surface area contributed by atoms with Crippen LogP contribution in [0, 0.1) is 0 Å². The van der Waals surface area contributed by atoms with E-state index in [9.17, 15) is 5.11 Å². The number of rotatable bonds is 20. The third-order valence-corrected chi connectivity index (χ3v) is 4.46. The summed E-state index contributed by atoms with van der Waals surface area (Å²) in [4.78, 5) is 0. The van der Waals surface area contributed by atoms with Crippen LogP contribution < -0.4 is 5.32 Å². The second kappa shape index (κ2) is 19.4. The van der Waals surface area contributed by atoms with E-state index in [2.05, 4.69) is 21.2 Å². The van der Waals surface area contributed by atoms with Gasteiger partial charge >= 0.3 is 0 Å². The standard InChI is InChI=1S/C21H36BrNO6/c1-23-17-21(24)3-2-8-25-9-10-26-11-12-27-13-14-28-15-16-29-18-19-4-6-20(22)7-5-19/h4-7,21,23-24H,2-3,8-18H2,1H3/t21-/m1/s1. The molecule has 0 aliphatic heterocycles. The fraction of sp³-hybridized carbons (Fsp3) is 0.714. The smallest absolute Gasteiger partial charge is 0.0718 e. The molecule has 29 heavy (non-hydrogen) atoms. The molecule has 1 rings (SSSR count). The van der Waals surface area contributed by atoms with Crippen LogP contribution in [0.25, 0.3) is 0 Å². The molecule has 0 amide bonds. The maximum atomic E-state index is 9.54. The lowest BCUT2D eigenvalue weighted by molar-refractivity contribution is -0.0130. The van der Waals surface area contributed by atoms with Crippen LogP contribution in [0.1, 0.15) is 18.4 Å². The van der Waals surface area contributed by atoms with E-state index in [-0.39, 0.29) is 6.10 Å². The highest BCUT2D eigenvalue weighted by molar-refractivity contribution is 9.10. The summed E-state index contributed by atoms with van der Waals surface area (Å²) < 4.78 is 28.4. The number of aliphatic hydroxyl groups is 1. The zero-order valence-electron chi connectivity index (χ0n) is 17.4. The summed E-state index contributed by atoms with van der Waals surface area (Å²) in [5.74, 6) is 0. The summed E-state index contributed by atoms with van der Waals surface area (Å²) in [6.07, 6.45) is 1.29. The van der Waals surface area contributed by atoms with Gasteiger partial charge in [0.15, 0.2) is 0 Å². The highest BCUT2D eigenvalue weighted by Crippen LogP contribution is 2.11. The lowest BCUT2D eigenvalue weighted by Gasteiger charge is -2.10. The van der Waals surface area contributed by atoms with Gasteiger partial charge in [0.2, 0.25) is 0 Å². The van der Waals surface area contributed by atoms with Crippen molar-refractivity contribution in [1.29, 1.82) is 0 Å². The Balaban J connectivity index is 1.72. The lowest BCUT2D eigenvalue weighted by Crippen LogP contribution is -2.23. The molecule has 0 spiro atoms. The van der Waals surface area contributed by atoms with E-state index in [1.165, 1.54) is 0 Å². The quantitative estimate of drug-likeness (QED) is 0.279. The molecule has 0 unspecified atom stereocenters. The zero-order chi connectivity index (χ0) is 21.0. The maximum Gasteiger partial charge on any atom is 0.0718 e. The molecule has 0 aliphatic rings. The predicted molar refractivity (Wildman–Crippen MR) is 116 cm³/mol. The molecule has 168 valence electrons. The third kappa shape index (κ3) is 16.9. The SMILES string of the molecule is CNC[C@H](O)CCCOCCOCCOCCOCCOCc1ccc(Br)cc1. The molecule has 8 heteroatoms. The van der Waals surface area contributed by atoms with Crippen molar-refractivity contribution in [3.8, 4) is 0 Å². The first-order chi connectivity index (χ1) is 14.2. The second-order valence-corrected chi connectivity index (χ2v) is 7.40. The third-order valence-electron chi connectivity index (χ3n) is 3.94. The Morgan fingerprint density at radius 1 is 0.793 bits per heavy atom. The molecule has 0 radical (unpaired) electrons. The van der Waals surface area contributed by atoms with Gasteiger partial charge in [-0.25, -0.2) is 0 Å². The maximum absolute atomic E-state index is 9.54. The summed E-state index contributed by atoms with van der Waals surface area (Å²) in [5.41, 5.74) is 1.14. The van der Waals surface area contributed by atoms with Crippen molar-refractivity contribution in [2.24, 2.45) is 0 Å². The van der Waals surface area contributed by atoms with E-state index in [1.807, 2.05) is 31.3 Å². The number of hydrogen-bond donors (Lipinski definition) is 2. The van der Waals surface area contributed by atoms with Crippen molar-refractivity contribution in [2.45, 2.75) is 25.6 Å². The van der Waals surface area contributed by atoms with Gasteiger partial charge in [-0.3, -0.25) is 0 Å². The van der Waals surface area contributed by atoms with E-state index in [0.717, 1.165) is 22.9 Å². The Labute approximate surface area is 183 Å². The van der Waals surface area contributed by atoms with Crippen molar-refractivity contribution in [3.05, 3.63) is 34.3 Å². The fourth-order valence-electron chi connectivity index (χ4n) is 2.41. The molecule has 0 heterocycles. The molecule has 0 fully saturated rings. The number of nitrogens with one attached hydrogen (secondary N) is 1. The van der Waals surface area contributed by atoms with Gasteiger partial charge < -0.3 is 34.1 Å². The van der Waals surface area contributed by atoms with E-state index in [1.54, 1.807) is 0 Å². The number of likely N-dealkylation sites (N-methyl/N-ethyl adjacent to an activating group) is 1. The Morgan fingerprint density at radius 3 is 1.79 bits per heavy atom. The van der Waals surface area contributed by atoms with Crippen molar-refractivity contribution >= 4 is 15.9 Å². The Hall–Kier alpha value is -0.580. The number of benzene rings is 1. The minimum atomic E-state index is -0.300. The van der Waals surface area contributed by atoms with Crippen LogP contribution in [-0.2, 0) is 30.3 Å². The van der Waals surface area contributed by atoms with Gasteiger partial charge in [0.05, 0.1) is 65.6 Å². The van der Waals surface area contributed by atoms with Crippen LogP contribution in [0.5, 0.6) is 0 Å². The van der Waals surface area contributed by atoms with Gasteiger partial charge in [-0.05, 0) is 37.6 Å². The topological polar surface area (TPSA) is 78.4 Å². The molecular formula is C21H36BrNO6. The van der Waals surface area contributed by atoms with Crippen molar-refractivity contribution < 1.29 is 28.8 Å². The first kappa shape index (κ1) is 26.5. The molecule has 1 atom stereocenters. The van der Waals surface area contributed by atoms with E-state index >= 15 is 0 Å². The van der Waals surface area contributed by atoms with Crippen LogP contribution >= 0.6 is 15.9 Å². The van der Waals surface area contributed by atoms with Crippen LogP contribution in [0.3, 0.4) is 0 Å². The molecule has 0 saturated carbocycles. The summed E-state index contributed by atoms with van der Waals surface area (Å²) in [5, 5.41) is 12.5. The number of hydrogen-bond acceptors (Lipinski definition) is 7. The molecule has 0 aliphatic carbocycles. The average Bonchev–Trinajstić information content (AvgIpc) is 2.72. The van der Waals surface area contributed by atoms with Gasteiger partial charge in [-0.15, -0.1) is 0 Å². The van der Waals surface area contributed by atoms with Gasteiger partial charge in [-0.1, -0.05) is 28.1 Å². The molecule has 0 aromatic heterocycles. The van der Waals surface area contributed by atoms with Crippen LogP contribution in [0.15, 0.2) is 28.7 Å².